The Morgan fingerprint density at radius 1 is 0.963 bits per heavy atom. The molecular weight excluding hydrogens is 412 g/mol. The van der Waals surface area contributed by atoms with Gasteiger partial charge in [-0.3, -0.25) is 4.79 Å². The fraction of sp³-hybridized carbons (Fsp3) is 0.100. The van der Waals surface area contributed by atoms with E-state index in [1.165, 1.54) is 0 Å². The van der Waals surface area contributed by atoms with Gasteiger partial charge in [0.25, 0.3) is 5.91 Å². The van der Waals surface area contributed by atoms with E-state index in [1.807, 2.05) is 12.1 Å². The Balaban J connectivity index is 1.85. The fourth-order valence-corrected chi connectivity index (χ4v) is 2.74. The molecule has 0 spiro atoms. The molecule has 138 valence electrons. The van der Waals surface area contributed by atoms with Crippen molar-refractivity contribution in [3.8, 4) is 23.1 Å². The molecule has 7 heteroatoms. The van der Waals surface area contributed by atoms with Crippen molar-refractivity contribution >= 4 is 27.5 Å². The summed E-state index contributed by atoms with van der Waals surface area (Å²) < 4.78 is 17.1. The van der Waals surface area contributed by atoms with Crippen LogP contribution in [0.3, 0.4) is 0 Å². The van der Waals surface area contributed by atoms with Crippen LogP contribution in [0.25, 0.3) is 0 Å². The van der Waals surface area contributed by atoms with E-state index in [9.17, 15) is 4.79 Å². The van der Waals surface area contributed by atoms with Gasteiger partial charge in [-0.15, -0.1) is 0 Å². The summed E-state index contributed by atoms with van der Waals surface area (Å²) in [6.07, 6.45) is 1.57. The summed E-state index contributed by atoms with van der Waals surface area (Å²) in [6, 6.07) is 15.7. The summed E-state index contributed by atoms with van der Waals surface area (Å²) in [6.45, 7) is 0. The van der Waals surface area contributed by atoms with Crippen molar-refractivity contribution < 1.29 is 19.0 Å². The number of amides is 1. The number of rotatable bonds is 6. The molecule has 0 bridgehead atoms. The second kappa shape index (κ2) is 8.55. The summed E-state index contributed by atoms with van der Waals surface area (Å²) in [5, 5.41) is 2.82. The fourth-order valence-electron chi connectivity index (χ4n) is 2.37. The van der Waals surface area contributed by atoms with Crippen LogP contribution in [0.2, 0.25) is 0 Å². The van der Waals surface area contributed by atoms with Gasteiger partial charge in [0.1, 0.15) is 22.8 Å². The highest BCUT2D eigenvalue weighted by Gasteiger charge is 2.15. The van der Waals surface area contributed by atoms with Crippen LogP contribution >= 0.6 is 15.9 Å². The maximum Gasteiger partial charge on any atom is 0.261 e. The van der Waals surface area contributed by atoms with Gasteiger partial charge in [0.05, 0.1) is 14.2 Å². The number of hydrogen-bond acceptors (Lipinski definition) is 5. The van der Waals surface area contributed by atoms with Gasteiger partial charge in [0, 0.05) is 34.6 Å². The first-order valence-corrected chi connectivity index (χ1v) is 8.81. The van der Waals surface area contributed by atoms with E-state index in [0.29, 0.717) is 28.5 Å². The monoisotopic (exact) mass is 428 g/mol. The first-order chi connectivity index (χ1) is 13.1. The molecule has 0 saturated carbocycles. The van der Waals surface area contributed by atoms with Crippen molar-refractivity contribution in [3.05, 3.63) is 70.8 Å². The smallest absolute Gasteiger partial charge is 0.261 e. The number of nitrogens with zero attached hydrogens (tertiary/aromatic N) is 1. The number of carbonyl (C=O) groups excluding carboxylic acids is 1. The summed E-state index contributed by atoms with van der Waals surface area (Å²) in [4.78, 5) is 17.0. The molecule has 0 unspecified atom stereocenters. The third-order valence-corrected chi connectivity index (χ3v) is 4.13. The molecule has 0 aliphatic rings. The van der Waals surface area contributed by atoms with Crippen LogP contribution in [0, 0.1) is 0 Å². The number of aromatic nitrogens is 1. The second-order valence-electron chi connectivity index (χ2n) is 5.47. The van der Waals surface area contributed by atoms with E-state index < -0.39 is 0 Å². The van der Waals surface area contributed by atoms with Gasteiger partial charge in [-0.2, -0.15) is 0 Å². The number of benzene rings is 2. The average Bonchev–Trinajstić information content (AvgIpc) is 2.68. The molecule has 0 radical (unpaired) electrons. The van der Waals surface area contributed by atoms with E-state index in [1.54, 1.807) is 62.9 Å². The normalized spacial score (nSPS) is 10.2. The maximum absolute atomic E-state index is 12.8. The lowest BCUT2D eigenvalue weighted by atomic mass is 10.2. The van der Waals surface area contributed by atoms with Gasteiger partial charge in [0.15, 0.2) is 0 Å². The van der Waals surface area contributed by atoms with Gasteiger partial charge in [-0.25, -0.2) is 4.98 Å². The quantitative estimate of drug-likeness (QED) is 0.603. The number of nitrogens with one attached hydrogen (secondary N) is 1. The Labute approximate surface area is 165 Å². The molecule has 3 aromatic rings. The first-order valence-electron chi connectivity index (χ1n) is 8.02. The number of carbonyl (C=O) groups is 1. The lowest BCUT2D eigenvalue weighted by molar-refractivity contribution is 0.102. The molecule has 1 heterocycles. The molecule has 1 amide bonds. The van der Waals surface area contributed by atoms with E-state index in [0.717, 1.165) is 4.47 Å². The van der Waals surface area contributed by atoms with Crippen molar-refractivity contribution in [2.75, 3.05) is 19.5 Å². The van der Waals surface area contributed by atoms with Crippen molar-refractivity contribution in [3.63, 3.8) is 0 Å². The molecule has 3 rings (SSSR count). The highest BCUT2D eigenvalue weighted by Crippen LogP contribution is 2.28. The maximum atomic E-state index is 12.8. The van der Waals surface area contributed by atoms with Gasteiger partial charge >= 0.3 is 0 Å². The minimum atomic E-state index is -0.358. The topological polar surface area (TPSA) is 69.7 Å². The Hall–Kier alpha value is -3.06. The molecule has 6 nitrogen and oxygen atoms in total. The number of hydrogen-bond donors (Lipinski definition) is 1. The van der Waals surface area contributed by atoms with Crippen LogP contribution in [-0.2, 0) is 0 Å². The lowest BCUT2D eigenvalue weighted by Gasteiger charge is -2.12. The van der Waals surface area contributed by atoms with Crippen LogP contribution in [0.15, 0.2) is 65.3 Å². The minimum Gasteiger partial charge on any atom is -0.497 e. The highest BCUT2D eigenvalue weighted by molar-refractivity contribution is 9.10. The number of methoxy groups -OCH3 is 2. The predicted octanol–water partition coefficient (Wildman–Crippen LogP) is 4.91. The molecule has 0 fully saturated rings. The minimum absolute atomic E-state index is 0.211. The Morgan fingerprint density at radius 2 is 1.70 bits per heavy atom. The Kier molecular flexibility index (Phi) is 5.93. The lowest BCUT2D eigenvalue weighted by Crippen LogP contribution is -2.13. The summed E-state index contributed by atoms with van der Waals surface area (Å²) in [5.41, 5.74) is 0.840. The molecule has 0 aliphatic heterocycles. The van der Waals surface area contributed by atoms with E-state index in [2.05, 4.69) is 26.2 Å². The number of anilines is 1. The highest BCUT2D eigenvalue weighted by atomic mass is 79.9. The van der Waals surface area contributed by atoms with Gasteiger partial charge in [-0.1, -0.05) is 22.0 Å². The Morgan fingerprint density at radius 3 is 2.37 bits per heavy atom. The third-order valence-electron chi connectivity index (χ3n) is 3.64. The van der Waals surface area contributed by atoms with Crippen molar-refractivity contribution in [1.29, 1.82) is 0 Å². The van der Waals surface area contributed by atoms with Crippen LogP contribution in [-0.4, -0.2) is 25.1 Å². The van der Waals surface area contributed by atoms with Gasteiger partial charge in [-0.05, 0) is 30.3 Å². The zero-order valence-corrected chi connectivity index (χ0v) is 16.3. The van der Waals surface area contributed by atoms with E-state index in [-0.39, 0.29) is 11.8 Å². The average molecular weight is 429 g/mol. The third kappa shape index (κ3) is 4.77. The molecule has 0 aliphatic carbocycles. The molecular formula is C20H17BrN2O4. The largest absolute Gasteiger partial charge is 0.497 e. The van der Waals surface area contributed by atoms with E-state index >= 15 is 0 Å². The molecule has 1 aromatic heterocycles. The second-order valence-corrected chi connectivity index (χ2v) is 6.39. The molecule has 0 saturated heterocycles. The van der Waals surface area contributed by atoms with Crippen LogP contribution < -0.4 is 19.5 Å². The molecule has 1 N–H and O–H groups in total. The van der Waals surface area contributed by atoms with Crippen LogP contribution in [0.5, 0.6) is 23.1 Å². The van der Waals surface area contributed by atoms with Gasteiger partial charge in [0.2, 0.25) is 5.88 Å². The van der Waals surface area contributed by atoms with Crippen molar-refractivity contribution in [2.45, 2.75) is 0 Å². The SMILES string of the molecule is COc1cc(NC(=O)c2cccnc2Oc2cccc(Br)c2)cc(OC)c1. The Bertz CT molecular complexity index is 940. The van der Waals surface area contributed by atoms with Crippen LogP contribution in [0.1, 0.15) is 10.4 Å². The number of halogens is 1. The first kappa shape index (κ1) is 18.7. The zero-order chi connectivity index (χ0) is 19.2. The standard InChI is InChI=1S/C20H17BrN2O4/c1-25-16-10-14(11-17(12-16)26-2)23-19(24)18-7-4-8-22-20(18)27-15-6-3-5-13(21)9-15/h3-12H,1-2H3,(H,23,24). The zero-order valence-electron chi connectivity index (χ0n) is 14.7. The summed E-state index contributed by atoms with van der Waals surface area (Å²) in [7, 11) is 3.09. The summed E-state index contributed by atoms with van der Waals surface area (Å²) >= 11 is 3.39. The van der Waals surface area contributed by atoms with Crippen molar-refractivity contribution in [1.82, 2.24) is 4.98 Å². The molecule has 0 atom stereocenters. The number of ether oxygens (including phenoxy) is 3. The molecule has 2 aromatic carbocycles. The molecule has 27 heavy (non-hydrogen) atoms. The van der Waals surface area contributed by atoms with Gasteiger partial charge < -0.3 is 19.5 Å². The van der Waals surface area contributed by atoms with Crippen LogP contribution in [0.4, 0.5) is 5.69 Å². The van der Waals surface area contributed by atoms with Crippen molar-refractivity contribution in [2.24, 2.45) is 0 Å². The van der Waals surface area contributed by atoms with E-state index in [4.69, 9.17) is 14.2 Å². The summed E-state index contributed by atoms with van der Waals surface area (Å²) in [5.74, 6) is 1.56. The predicted molar refractivity (Wildman–Crippen MR) is 106 cm³/mol. The number of pyridine rings is 1.